The van der Waals surface area contributed by atoms with Crippen LogP contribution in [0.5, 0.6) is 0 Å². The molecule has 2 rings (SSSR count). The van der Waals surface area contributed by atoms with Crippen LogP contribution < -0.4 is 10.6 Å². The van der Waals surface area contributed by atoms with Gasteiger partial charge in [-0.15, -0.1) is 0 Å². The van der Waals surface area contributed by atoms with E-state index in [-0.39, 0.29) is 21.0 Å². The average Bonchev–Trinajstić information content (AvgIpc) is 3.04. The summed E-state index contributed by atoms with van der Waals surface area (Å²) < 4.78 is 0. The number of carbonyl (C=O) groups excluding carboxylic acids is 1. The van der Waals surface area contributed by atoms with E-state index in [4.69, 9.17) is 0 Å². The van der Waals surface area contributed by atoms with Crippen LogP contribution in [0.15, 0.2) is 47.2 Å². The molecule has 2 N–H and O–H groups in total. The molecule has 1 aromatic heterocycles. The number of nitrogens with one attached hydrogen (secondary N) is 2. The number of thiophene rings is 1. The van der Waals surface area contributed by atoms with Crippen molar-refractivity contribution >= 4 is 17.4 Å². The molecule has 0 aliphatic carbocycles. The van der Waals surface area contributed by atoms with Crippen molar-refractivity contribution in [3.63, 3.8) is 0 Å². The van der Waals surface area contributed by atoms with Crippen molar-refractivity contribution in [2.75, 3.05) is 20.6 Å². The fourth-order valence-electron chi connectivity index (χ4n) is 2.62. The number of hydrogen-bond donors (Lipinski definition) is 2. The van der Waals surface area contributed by atoms with E-state index in [2.05, 4.69) is 44.5 Å². The zero-order valence-corrected chi connectivity index (χ0v) is 15.5. The van der Waals surface area contributed by atoms with Gasteiger partial charge >= 0.3 is 6.03 Å². The van der Waals surface area contributed by atoms with E-state index in [1.165, 1.54) is 11.1 Å². The monoisotopic (exact) mass is 349 g/mol. The summed E-state index contributed by atoms with van der Waals surface area (Å²) in [4.78, 5) is 14.3. The molecule has 0 bridgehead atoms. The zero-order valence-electron chi connectivity index (χ0n) is 14.7. The number of nitrogens with zero attached hydrogens (tertiary/aromatic N) is 1. The fourth-order valence-corrected chi connectivity index (χ4v) is 3.30. The normalized spacial score (nSPS) is 13.5. The average molecular weight is 350 g/mol. The lowest BCUT2D eigenvalue weighted by Gasteiger charge is -2.25. The number of urea groups is 1. The van der Waals surface area contributed by atoms with Gasteiger partial charge in [-0.25, -0.2) is 4.79 Å². The maximum atomic E-state index is 12.1. The first-order valence-corrected chi connectivity index (χ1v) is 9.24. The van der Waals surface area contributed by atoms with Gasteiger partial charge in [-0.3, -0.25) is 0 Å². The van der Waals surface area contributed by atoms with E-state index < -0.39 is 0 Å². The molecule has 4 nitrogen and oxygen atoms in total. The number of hydrogen-bond acceptors (Lipinski definition) is 3. The van der Waals surface area contributed by atoms with Crippen molar-refractivity contribution in [2.45, 2.75) is 31.8 Å². The Balaban J connectivity index is 0.00000312. The van der Waals surface area contributed by atoms with Crippen molar-refractivity contribution < 1.29 is 7.65 Å². The third-order valence-corrected chi connectivity index (χ3v) is 4.77. The van der Waals surface area contributed by atoms with E-state index in [0.29, 0.717) is 6.54 Å². The third-order valence-electron chi connectivity index (χ3n) is 4.04. The maximum absolute atomic E-state index is 12.1. The molecule has 0 saturated carbocycles. The molecule has 5 heteroatoms. The summed E-state index contributed by atoms with van der Waals surface area (Å²) >= 11 is 1.68. The van der Waals surface area contributed by atoms with Crippen molar-refractivity contribution in [3.8, 4) is 0 Å². The summed E-state index contributed by atoms with van der Waals surface area (Å²) in [5.41, 5.74) is 2.55. The van der Waals surface area contributed by atoms with Gasteiger partial charge in [-0.1, -0.05) is 30.3 Å². The topological polar surface area (TPSA) is 44.4 Å². The van der Waals surface area contributed by atoms with Crippen molar-refractivity contribution in [1.29, 1.82) is 0 Å². The molecule has 0 radical (unpaired) electrons. The highest BCUT2D eigenvalue weighted by atomic mass is 32.1. The number of carbonyl (C=O) groups is 1. The fraction of sp³-hybridized carbons (Fsp3) is 0.421. The largest absolute Gasteiger partial charge is 0.337 e. The lowest BCUT2D eigenvalue weighted by Crippen LogP contribution is -2.47. The number of amides is 2. The molecule has 24 heavy (non-hydrogen) atoms. The third kappa shape index (κ3) is 6.34. The van der Waals surface area contributed by atoms with Gasteiger partial charge in [0, 0.05) is 21.5 Å². The molecule has 2 aromatic rings. The second-order valence-electron chi connectivity index (χ2n) is 6.40. The Bertz CT molecular complexity index is 609. The molecule has 0 aliphatic heterocycles. The Hall–Kier alpha value is -1.85. The summed E-state index contributed by atoms with van der Waals surface area (Å²) in [6, 6.07) is 12.8. The van der Waals surface area contributed by atoms with Crippen LogP contribution in [-0.2, 0) is 12.8 Å². The highest BCUT2D eigenvalue weighted by Crippen LogP contribution is 2.09. The number of likely N-dealkylation sites (N-methyl/N-ethyl adjacent to an activating group) is 1. The highest BCUT2D eigenvalue weighted by Gasteiger charge is 2.14. The van der Waals surface area contributed by atoms with Crippen LogP contribution in [0.4, 0.5) is 4.79 Å². The predicted octanol–water partition coefficient (Wildman–Crippen LogP) is 3.64. The SMILES string of the molecule is C[C@@H](Cc1ccsc1)NC(=O)NCC(Cc1ccccc1)N(C)C.[HH].[HH]. The van der Waals surface area contributed by atoms with Gasteiger partial charge in [0.2, 0.25) is 0 Å². The Kier molecular flexibility index (Phi) is 7.28. The molecule has 0 spiro atoms. The van der Waals surface area contributed by atoms with Gasteiger partial charge in [-0.2, -0.15) is 11.3 Å². The van der Waals surface area contributed by atoms with E-state index in [1.54, 1.807) is 11.3 Å². The molecule has 2 atom stereocenters. The molecule has 1 aromatic carbocycles. The summed E-state index contributed by atoms with van der Waals surface area (Å²) in [6.45, 7) is 2.66. The van der Waals surface area contributed by atoms with Crippen LogP contribution in [-0.4, -0.2) is 43.7 Å². The van der Waals surface area contributed by atoms with Crippen molar-refractivity contribution in [1.82, 2.24) is 15.5 Å². The van der Waals surface area contributed by atoms with E-state index in [0.717, 1.165) is 12.8 Å². The number of rotatable bonds is 8. The van der Waals surface area contributed by atoms with Crippen LogP contribution in [0.25, 0.3) is 0 Å². The van der Waals surface area contributed by atoms with E-state index in [1.807, 2.05) is 39.2 Å². The standard InChI is InChI=1S/C19H27N3OS.2H2/c1-15(11-17-9-10-24-14-17)21-19(23)20-13-18(22(2)3)12-16-7-5-4-6-8-16;;/h4-10,14-15,18H,11-13H2,1-3H3,(H2,20,21,23);2*1H/t15-,18?;;/m0../s1. The second kappa shape index (κ2) is 9.45. The van der Waals surface area contributed by atoms with Gasteiger partial charge in [0.1, 0.15) is 0 Å². The lowest BCUT2D eigenvalue weighted by molar-refractivity contribution is 0.229. The van der Waals surface area contributed by atoms with Gasteiger partial charge < -0.3 is 15.5 Å². The van der Waals surface area contributed by atoms with E-state index >= 15 is 0 Å². The lowest BCUT2D eigenvalue weighted by atomic mass is 10.1. The predicted molar refractivity (Wildman–Crippen MR) is 106 cm³/mol. The first kappa shape index (κ1) is 18.5. The van der Waals surface area contributed by atoms with Crippen molar-refractivity contribution in [3.05, 3.63) is 58.3 Å². The van der Waals surface area contributed by atoms with Crippen LogP contribution in [0, 0.1) is 0 Å². The molecule has 1 heterocycles. The highest BCUT2D eigenvalue weighted by molar-refractivity contribution is 7.07. The minimum absolute atomic E-state index is 0. The Morgan fingerprint density at radius 3 is 2.54 bits per heavy atom. The Labute approximate surface area is 151 Å². The summed E-state index contributed by atoms with van der Waals surface area (Å²) in [6.07, 6.45) is 1.77. The van der Waals surface area contributed by atoms with Crippen LogP contribution in [0.1, 0.15) is 20.9 Å². The molecule has 0 aliphatic rings. The van der Waals surface area contributed by atoms with Gasteiger partial charge in [0.05, 0.1) is 0 Å². The number of benzene rings is 1. The van der Waals surface area contributed by atoms with E-state index in [9.17, 15) is 4.79 Å². The van der Waals surface area contributed by atoms with Gasteiger partial charge in [0.15, 0.2) is 0 Å². The Morgan fingerprint density at radius 2 is 1.92 bits per heavy atom. The summed E-state index contributed by atoms with van der Waals surface area (Å²) in [5, 5.41) is 10.2. The van der Waals surface area contributed by atoms with Crippen LogP contribution >= 0.6 is 11.3 Å². The smallest absolute Gasteiger partial charge is 0.315 e. The minimum Gasteiger partial charge on any atom is -0.337 e. The second-order valence-corrected chi connectivity index (χ2v) is 7.18. The quantitative estimate of drug-likeness (QED) is 0.764. The first-order valence-electron chi connectivity index (χ1n) is 8.30. The molecular weight excluding hydrogens is 318 g/mol. The van der Waals surface area contributed by atoms with Crippen molar-refractivity contribution in [2.24, 2.45) is 0 Å². The summed E-state index contributed by atoms with van der Waals surface area (Å²) in [7, 11) is 4.10. The molecule has 134 valence electrons. The Morgan fingerprint density at radius 1 is 1.17 bits per heavy atom. The van der Waals surface area contributed by atoms with Gasteiger partial charge in [0.25, 0.3) is 0 Å². The molecule has 1 unspecified atom stereocenters. The zero-order chi connectivity index (χ0) is 17.4. The van der Waals surface area contributed by atoms with Crippen LogP contribution in [0.3, 0.4) is 0 Å². The molecule has 0 saturated heterocycles. The molecule has 0 fully saturated rings. The van der Waals surface area contributed by atoms with Crippen LogP contribution in [0.2, 0.25) is 0 Å². The first-order chi connectivity index (χ1) is 11.5. The summed E-state index contributed by atoms with van der Waals surface area (Å²) in [5.74, 6) is 0. The maximum Gasteiger partial charge on any atom is 0.315 e. The molecule has 2 amide bonds. The minimum atomic E-state index is -0.0994. The molecular formula is C19H31N3OS. The van der Waals surface area contributed by atoms with Gasteiger partial charge in [-0.05, 0) is 61.8 Å².